The molecule has 1 heterocycles. The molecule has 78 valence electrons. The van der Waals surface area contributed by atoms with Gasteiger partial charge in [-0.2, -0.15) is 0 Å². The number of nitrogens with zero attached hydrogens (tertiary/aromatic N) is 1. The molecule has 1 saturated heterocycles. The highest BCUT2D eigenvalue weighted by atomic mass is 15.2. The van der Waals surface area contributed by atoms with Gasteiger partial charge in [0.25, 0.3) is 0 Å². The second-order valence-corrected chi connectivity index (χ2v) is 4.26. The number of unbranched alkanes of at least 4 members (excludes halogenated alkanes) is 3. The fraction of sp³-hybridized carbons (Fsp3) is 1.00. The Kier molecular flexibility index (Phi) is 5.40. The number of piperazine rings is 1. The molecule has 13 heavy (non-hydrogen) atoms. The number of rotatable bonds is 5. The van der Waals surface area contributed by atoms with Crippen molar-refractivity contribution in [1.29, 1.82) is 0 Å². The molecule has 1 rings (SSSR count). The van der Waals surface area contributed by atoms with Crippen molar-refractivity contribution in [3.63, 3.8) is 0 Å². The Morgan fingerprint density at radius 2 is 2.15 bits per heavy atom. The van der Waals surface area contributed by atoms with Crippen LogP contribution in [0.5, 0.6) is 0 Å². The first-order chi connectivity index (χ1) is 6.33. The van der Waals surface area contributed by atoms with E-state index in [1.54, 1.807) is 0 Å². The smallest absolute Gasteiger partial charge is 0.0195 e. The minimum Gasteiger partial charge on any atom is -0.311 e. The van der Waals surface area contributed by atoms with E-state index in [9.17, 15) is 0 Å². The molecule has 1 unspecified atom stereocenters. The molecule has 0 aliphatic carbocycles. The lowest BCUT2D eigenvalue weighted by Gasteiger charge is -2.30. The van der Waals surface area contributed by atoms with E-state index in [1.165, 1.54) is 51.7 Å². The Hall–Kier alpha value is -0.0800. The van der Waals surface area contributed by atoms with E-state index in [0.29, 0.717) is 0 Å². The molecule has 1 aliphatic rings. The van der Waals surface area contributed by atoms with Gasteiger partial charge in [-0.3, -0.25) is 0 Å². The maximum Gasteiger partial charge on any atom is 0.0195 e. The molecule has 2 nitrogen and oxygen atoms in total. The first-order valence-corrected chi connectivity index (χ1v) is 5.75. The highest BCUT2D eigenvalue weighted by Gasteiger charge is 2.14. The lowest BCUT2D eigenvalue weighted by Crippen LogP contribution is -2.48. The molecule has 0 aromatic heterocycles. The lowest BCUT2D eigenvalue weighted by molar-refractivity contribution is 0.229. The van der Waals surface area contributed by atoms with Crippen molar-refractivity contribution in [3.05, 3.63) is 0 Å². The average Bonchev–Trinajstić information content (AvgIpc) is 2.13. The quantitative estimate of drug-likeness (QED) is 0.656. The average molecular weight is 184 g/mol. The van der Waals surface area contributed by atoms with Crippen LogP contribution in [0.15, 0.2) is 0 Å². The van der Waals surface area contributed by atoms with Gasteiger partial charge in [-0.15, -0.1) is 0 Å². The summed E-state index contributed by atoms with van der Waals surface area (Å²) in [5, 5.41) is 3.58. The highest BCUT2D eigenvalue weighted by Crippen LogP contribution is 2.08. The van der Waals surface area contributed by atoms with Crippen LogP contribution in [-0.2, 0) is 0 Å². The van der Waals surface area contributed by atoms with Gasteiger partial charge in [0.2, 0.25) is 0 Å². The molecule has 0 bridgehead atoms. The molecule has 0 aromatic carbocycles. The van der Waals surface area contributed by atoms with Gasteiger partial charge in [0, 0.05) is 25.7 Å². The molecule has 0 amide bonds. The Bertz CT molecular complexity index is 125. The zero-order valence-corrected chi connectivity index (χ0v) is 9.18. The summed E-state index contributed by atoms with van der Waals surface area (Å²) in [7, 11) is 2.22. The summed E-state index contributed by atoms with van der Waals surface area (Å²) in [6.45, 7) is 5.90. The van der Waals surface area contributed by atoms with E-state index in [0.717, 1.165) is 6.04 Å². The minimum absolute atomic E-state index is 0.760. The number of hydrogen-bond acceptors (Lipinski definition) is 2. The minimum atomic E-state index is 0.760. The van der Waals surface area contributed by atoms with Crippen LogP contribution in [0.25, 0.3) is 0 Å². The Morgan fingerprint density at radius 3 is 2.85 bits per heavy atom. The van der Waals surface area contributed by atoms with Crippen molar-refractivity contribution in [1.82, 2.24) is 10.2 Å². The fourth-order valence-corrected chi connectivity index (χ4v) is 2.00. The molecule has 1 N–H and O–H groups in total. The standard InChI is InChI=1S/C11H24N2/c1-3-4-5-6-7-11-10-13(2)9-8-12-11/h11-12H,3-10H2,1-2H3. The van der Waals surface area contributed by atoms with Gasteiger partial charge in [-0.05, 0) is 13.5 Å². The van der Waals surface area contributed by atoms with Crippen molar-refractivity contribution < 1.29 is 0 Å². The van der Waals surface area contributed by atoms with Crippen molar-refractivity contribution >= 4 is 0 Å². The summed E-state index contributed by atoms with van der Waals surface area (Å²) in [6.07, 6.45) is 6.93. The van der Waals surface area contributed by atoms with Crippen LogP contribution in [0.2, 0.25) is 0 Å². The first-order valence-electron chi connectivity index (χ1n) is 5.75. The predicted octanol–water partition coefficient (Wildman–Crippen LogP) is 1.86. The topological polar surface area (TPSA) is 15.3 Å². The predicted molar refractivity (Wildman–Crippen MR) is 58.0 cm³/mol. The molecule has 0 radical (unpaired) electrons. The van der Waals surface area contributed by atoms with Crippen LogP contribution >= 0.6 is 0 Å². The van der Waals surface area contributed by atoms with Crippen molar-refractivity contribution in [2.24, 2.45) is 0 Å². The molecular weight excluding hydrogens is 160 g/mol. The second-order valence-electron chi connectivity index (χ2n) is 4.26. The van der Waals surface area contributed by atoms with E-state index in [4.69, 9.17) is 0 Å². The van der Waals surface area contributed by atoms with E-state index in [2.05, 4.69) is 24.2 Å². The van der Waals surface area contributed by atoms with E-state index >= 15 is 0 Å². The van der Waals surface area contributed by atoms with Crippen molar-refractivity contribution in [2.75, 3.05) is 26.7 Å². The molecule has 0 spiro atoms. The van der Waals surface area contributed by atoms with Crippen molar-refractivity contribution in [2.45, 2.75) is 45.1 Å². The van der Waals surface area contributed by atoms with Gasteiger partial charge in [-0.1, -0.05) is 32.6 Å². The van der Waals surface area contributed by atoms with Crippen LogP contribution < -0.4 is 5.32 Å². The maximum atomic E-state index is 3.58. The Morgan fingerprint density at radius 1 is 1.31 bits per heavy atom. The third-order valence-electron chi connectivity index (χ3n) is 2.86. The monoisotopic (exact) mass is 184 g/mol. The first kappa shape index (κ1) is 11.0. The van der Waals surface area contributed by atoms with Gasteiger partial charge in [0.05, 0.1) is 0 Å². The molecule has 1 atom stereocenters. The van der Waals surface area contributed by atoms with E-state index < -0.39 is 0 Å². The zero-order valence-electron chi connectivity index (χ0n) is 9.18. The van der Waals surface area contributed by atoms with Crippen LogP contribution in [0.1, 0.15) is 39.0 Å². The molecule has 1 aliphatic heterocycles. The van der Waals surface area contributed by atoms with Crippen LogP contribution in [0.4, 0.5) is 0 Å². The normalized spacial score (nSPS) is 24.9. The number of nitrogens with one attached hydrogen (secondary N) is 1. The van der Waals surface area contributed by atoms with Crippen molar-refractivity contribution in [3.8, 4) is 0 Å². The van der Waals surface area contributed by atoms with E-state index in [1.807, 2.05) is 0 Å². The highest BCUT2D eigenvalue weighted by molar-refractivity contribution is 4.76. The van der Waals surface area contributed by atoms with Gasteiger partial charge in [0.1, 0.15) is 0 Å². The van der Waals surface area contributed by atoms with Gasteiger partial charge in [-0.25, -0.2) is 0 Å². The third-order valence-corrected chi connectivity index (χ3v) is 2.86. The number of likely N-dealkylation sites (N-methyl/N-ethyl adjacent to an activating group) is 1. The maximum absolute atomic E-state index is 3.58. The number of hydrogen-bond donors (Lipinski definition) is 1. The second kappa shape index (κ2) is 6.39. The summed E-state index contributed by atoms with van der Waals surface area (Å²) in [5.41, 5.74) is 0. The molecule has 0 aromatic rings. The molecule has 1 fully saturated rings. The molecule has 2 heteroatoms. The van der Waals surface area contributed by atoms with Crippen LogP contribution in [-0.4, -0.2) is 37.6 Å². The van der Waals surface area contributed by atoms with Gasteiger partial charge in [0.15, 0.2) is 0 Å². The summed E-state index contributed by atoms with van der Waals surface area (Å²) in [6, 6.07) is 0.760. The summed E-state index contributed by atoms with van der Waals surface area (Å²) in [4.78, 5) is 2.43. The van der Waals surface area contributed by atoms with E-state index in [-0.39, 0.29) is 0 Å². The van der Waals surface area contributed by atoms with Gasteiger partial charge < -0.3 is 10.2 Å². The largest absolute Gasteiger partial charge is 0.311 e. The summed E-state index contributed by atoms with van der Waals surface area (Å²) < 4.78 is 0. The lowest BCUT2D eigenvalue weighted by atomic mass is 10.1. The zero-order chi connectivity index (χ0) is 9.52. The summed E-state index contributed by atoms with van der Waals surface area (Å²) in [5.74, 6) is 0. The van der Waals surface area contributed by atoms with Crippen LogP contribution in [0, 0.1) is 0 Å². The summed E-state index contributed by atoms with van der Waals surface area (Å²) >= 11 is 0. The Balaban J connectivity index is 2.00. The fourth-order valence-electron chi connectivity index (χ4n) is 2.00. The van der Waals surface area contributed by atoms with Gasteiger partial charge >= 0.3 is 0 Å². The molecule has 0 saturated carbocycles. The SMILES string of the molecule is CCCCCCC1CN(C)CCN1. The van der Waals surface area contributed by atoms with Crippen LogP contribution in [0.3, 0.4) is 0 Å². The third kappa shape index (κ3) is 4.63. The Labute approximate surface area is 82.7 Å². The molecular formula is C11H24N2.